The van der Waals surface area contributed by atoms with E-state index in [2.05, 4.69) is 10.6 Å². The fraction of sp³-hybridized carbons (Fsp3) is 0.475. The summed E-state index contributed by atoms with van der Waals surface area (Å²) >= 11 is 0. The molecule has 2 aliphatic heterocycles. The summed E-state index contributed by atoms with van der Waals surface area (Å²) in [6.07, 6.45) is 3.35. The maximum atomic E-state index is 14.6. The fourth-order valence-electron chi connectivity index (χ4n) is 7.11. The van der Waals surface area contributed by atoms with Gasteiger partial charge in [0.15, 0.2) is 0 Å². The van der Waals surface area contributed by atoms with Gasteiger partial charge in [-0.3, -0.25) is 9.59 Å². The van der Waals surface area contributed by atoms with Crippen molar-refractivity contribution in [2.45, 2.75) is 88.8 Å². The minimum absolute atomic E-state index is 0.00529. The predicted octanol–water partition coefficient (Wildman–Crippen LogP) is 4.96. The van der Waals surface area contributed by atoms with Crippen LogP contribution >= 0.6 is 0 Å². The van der Waals surface area contributed by atoms with Crippen LogP contribution in [0.2, 0.25) is 0 Å². The molecule has 3 amide bonds. The lowest BCUT2D eigenvalue weighted by Gasteiger charge is -2.32. The topological polar surface area (TPSA) is 155 Å². The molecule has 0 radical (unpaired) electrons. The maximum absolute atomic E-state index is 14.6. The second-order valence-corrected chi connectivity index (χ2v) is 14.8. The molecule has 2 fully saturated rings. The molecule has 3 aliphatic rings. The zero-order valence-corrected chi connectivity index (χ0v) is 31.0. The van der Waals surface area contributed by atoms with Gasteiger partial charge in [0.25, 0.3) is 0 Å². The molecule has 6 rings (SSSR count). The Hall–Kier alpha value is -5.17. The number of esters is 1. The van der Waals surface area contributed by atoms with Gasteiger partial charge in [-0.05, 0) is 65.0 Å². The van der Waals surface area contributed by atoms with Gasteiger partial charge in [-0.2, -0.15) is 0 Å². The second-order valence-electron chi connectivity index (χ2n) is 14.8. The zero-order valence-electron chi connectivity index (χ0n) is 31.0. The van der Waals surface area contributed by atoms with E-state index in [1.54, 1.807) is 34.8 Å². The highest BCUT2D eigenvalue weighted by Crippen LogP contribution is 2.48. The Bertz CT molecular complexity index is 1880. The smallest absolute Gasteiger partial charge is 0.408 e. The molecule has 3 aromatic rings. The molecule has 0 spiro atoms. The van der Waals surface area contributed by atoms with Crippen molar-refractivity contribution >= 4 is 34.8 Å². The number of rotatable bonds is 6. The lowest BCUT2D eigenvalue weighted by atomic mass is 10.1. The van der Waals surface area contributed by atoms with E-state index in [1.807, 2.05) is 66.7 Å². The number of allylic oxidation sites excluding steroid dienone is 1. The third kappa shape index (κ3) is 8.40. The Labute approximate surface area is 309 Å². The number of benzene rings is 2. The third-order valence-electron chi connectivity index (χ3n) is 9.90. The van der Waals surface area contributed by atoms with Crippen molar-refractivity contribution in [2.24, 2.45) is 5.92 Å². The summed E-state index contributed by atoms with van der Waals surface area (Å²) in [7, 11) is 2.88. The number of pyridine rings is 1. The van der Waals surface area contributed by atoms with Gasteiger partial charge in [0.2, 0.25) is 11.8 Å². The van der Waals surface area contributed by atoms with Crippen LogP contribution < -0.4 is 20.1 Å². The molecule has 6 atom stereocenters. The molecule has 3 heterocycles. The number of amides is 3. The first-order chi connectivity index (χ1) is 25.3. The van der Waals surface area contributed by atoms with Crippen LogP contribution in [0.3, 0.4) is 0 Å². The molecule has 13 heteroatoms. The van der Waals surface area contributed by atoms with E-state index in [4.69, 9.17) is 28.7 Å². The monoisotopic (exact) mass is 728 g/mol. The van der Waals surface area contributed by atoms with Gasteiger partial charge < -0.3 is 39.2 Å². The van der Waals surface area contributed by atoms with Gasteiger partial charge in [-0.25, -0.2) is 14.6 Å². The molecule has 1 saturated heterocycles. The number of hydrogen-bond acceptors (Lipinski definition) is 10. The van der Waals surface area contributed by atoms with Gasteiger partial charge in [0.05, 0.1) is 44.7 Å². The molecule has 1 aromatic heterocycles. The van der Waals surface area contributed by atoms with E-state index < -0.39 is 59.3 Å². The molecule has 1 unspecified atom stereocenters. The highest BCUT2D eigenvalue weighted by molar-refractivity contribution is 5.96. The minimum atomic E-state index is -1.21. The van der Waals surface area contributed by atoms with Crippen molar-refractivity contribution in [3.8, 4) is 22.8 Å². The van der Waals surface area contributed by atoms with Crippen molar-refractivity contribution in [2.75, 3.05) is 27.4 Å². The van der Waals surface area contributed by atoms with Crippen molar-refractivity contribution in [1.82, 2.24) is 20.5 Å². The number of carbonyl (C=O) groups excluding carboxylic acids is 4. The summed E-state index contributed by atoms with van der Waals surface area (Å²) in [6.45, 7) is 7.05. The summed E-state index contributed by atoms with van der Waals surface area (Å²) in [5.74, 6) is -0.588. The van der Waals surface area contributed by atoms with Gasteiger partial charge in [-0.15, -0.1) is 0 Å². The third-order valence-corrected chi connectivity index (χ3v) is 9.90. The minimum Gasteiger partial charge on any atom is -0.497 e. The first-order valence-corrected chi connectivity index (χ1v) is 18.0. The summed E-state index contributed by atoms with van der Waals surface area (Å²) in [5, 5.41) is 6.40. The summed E-state index contributed by atoms with van der Waals surface area (Å²) in [5.41, 5.74) is 0.167. The quantitative estimate of drug-likeness (QED) is 0.263. The SMILES string of the molecule is COC(=O)[C@@]12CC1CC/C=C/CO[C@H](C)[C@H](NC(=O)OC(C)(C)C)C(=O)N1C[C@H](Oc3cc(-c4ccccc4)nc4cc(OC)ccc34)C[C@H]1C(=O)N2. The van der Waals surface area contributed by atoms with E-state index in [0.29, 0.717) is 42.0 Å². The number of aromatic nitrogens is 1. The Balaban J connectivity index is 1.37. The van der Waals surface area contributed by atoms with Crippen LogP contribution in [-0.2, 0) is 28.6 Å². The normalized spacial score (nSPS) is 26.9. The molecule has 2 N–H and O–H groups in total. The van der Waals surface area contributed by atoms with Crippen molar-refractivity contribution in [1.29, 1.82) is 0 Å². The number of hydrogen-bond donors (Lipinski definition) is 2. The first kappa shape index (κ1) is 37.6. The first-order valence-electron chi connectivity index (χ1n) is 18.0. The number of nitrogens with zero attached hydrogens (tertiary/aromatic N) is 2. The molecule has 2 aromatic carbocycles. The van der Waals surface area contributed by atoms with Crippen LogP contribution in [0, 0.1) is 5.92 Å². The number of ether oxygens (including phenoxy) is 5. The lowest BCUT2D eigenvalue weighted by Crippen LogP contribution is -2.59. The highest BCUT2D eigenvalue weighted by atomic mass is 16.6. The standard InChI is InChI=1S/C40H48N4O9/c1-24-34(42-38(48)53-39(2,3)4)36(46)44-23-28(20-32(44)35(45)43-40(37(47)50-6)22-26(40)15-11-8-12-18-51-24)52-33-21-30(25-13-9-7-10-14-25)41-31-19-27(49-5)16-17-29(31)33/h7-10,12-14,16-17,19,21,24,26,28,32,34H,11,15,18,20,22-23H2,1-6H3,(H,42,48)(H,43,45)/b12-8+/t24-,26?,28-,32+,34+,40-/m1/s1. The molecule has 0 bridgehead atoms. The maximum Gasteiger partial charge on any atom is 0.408 e. The number of alkyl carbamates (subject to hydrolysis) is 1. The van der Waals surface area contributed by atoms with E-state index in [1.165, 1.54) is 12.0 Å². The highest BCUT2D eigenvalue weighted by Gasteiger charge is 2.62. The molecule has 282 valence electrons. The van der Waals surface area contributed by atoms with Crippen molar-refractivity contribution < 1.29 is 42.9 Å². The van der Waals surface area contributed by atoms with E-state index in [9.17, 15) is 19.2 Å². The van der Waals surface area contributed by atoms with Crippen LogP contribution in [0.5, 0.6) is 11.5 Å². The van der Waals surface area contributed by atoms with Crippen molar-refractivity contribution in [3.63, 3.8) is 0 Å². The molecule has 1 aliphatic carbocycles. The van der Waals surface area contributed by atoms with Gasteiger partial charge in [0, 0.05) is 29.5 Å². The number of carbonyl (C=O) groups is 4. The summed E-state index contributed by atoms with van der Waals surface area (Å²) < 4.78 is 28.9. The summed E-state index contributed by atoms with van der Waals surface area (Å²) in [4.78, 5) is 61.4. The van der Waals surface area contributed by atoms with Crippen LogP contribution in [0.4, 0.5) is 4.79 Å². The summed E-state index contributed by atoms with van der Waals surface area (Å²) in [6, 6.07) is 14.8. The molecule has 13 nitrogen and oxygen atoms in total. The van der Waals surface area contributed by atoms with E-state index in [0.717, 1.165) is 10.9 Å². The molecular formula is C40H48N4O9. The van der Waals surface area contributed by atoms with Crippen molar-refractivity contribution in [3.05, 3.63) is 66.7 Å². The van der Waals surface area contributed by atoms with Crippen LogP contribution in [0.1, 0.15) is 53.4 Å². The largest absolute Gasteiger partial charge is 0.497 e. The van der Waals surface area contributed by atoms with Crippen LogP contribution in [0.25, 0.3) is 22.2 Å². The second kappa shape index (κ2) is 15.4. The molecular weight excluding hydrogens is 680 g/mol. The molecule has 53 heavy (non-hydrogen) atoms. The fourth-order valence-corrected chi connectivity index (χ4v) is 7.11. The number of methoxy groups -OCH3 is 2. The van der Waals surface area contributed by atoms with Gasteiger partial charge in [0.1, 0.15) is 40.8 Å². The van der Waals surface area contributed by atoms with Crippen LogP contribution in [0.15, 0.2) is 66.7 Å². The molecule has 1 saturated carbocycles. The zero-order chi connectivity index (χ0) is 37.9. The van der Waals surface area contributed by atoms with Crippen LogP contribution in [-0.4, -0.2) is 96.6 Å². The number of nitrogens with one attached hydrogen (secondary N) is 2. The Morgan fingerprint density at radius 1 is 1.06 bits per heavy atom. The average Bonchev–Trinajstić information content (AvgIpc) is 3.66. The Kier molecular flexibility index (Phi) is 10.9. The Morgan fingerprint density at radius 3 is 2.55 bits per heavy atom. The van der Waals surface area contributed by atoms with Gasteiger partial charge in [-0.1, -0.05) is 42.5 Å². The van der Waals surface area contributed by atoms with Gasteiger partial charge >= 0.3 is 12.1 Å². The number of fused-ring (bicyclic) bond motifs is 3. The predicted molar refractivity (Wildman–Crippen MR) is 196 cm³/mol. The van der Waals surface area contributed by atoms with E-state index in [-0.39, 0.29) is 25.5 Å². The lowest BCUT2D eigenvalue weighted by molar-refractivity contribution is -0.148. The average molecular weight is 729 g/mol. The Morgan fingerprint density at radius 2 is 1.83 bits per heavy atom. The van der Waals surface area contributed by atoms with E-state index >= 15 is 0 Å².